The van der Waals surface area contributed by atoms with E-state index in [0.29, 0.717) is 5.92 Å². The van der Waals surface area contributed by atoms with Crippen LogP contribution in [0.4, 0.5) is 28.4 Å². The molecular weight excluding hydrogens is 605 g/mol. The van der Waals surface area contributed by atoms with E-state index in [1.54, 1.807) is 0 Å². The Morgan fingerprint density at radius 1 is 0.460 bits per heavy atom. The van der Waals surface area contributed by atoms with E-state index in [0.717, 1.165) is 17.8 Å². The third kappa shape index (κ3) is 6.18. The van der Waals surface area contributed by atoms with Gasteiger partial charge in [0.1, 0.15) is 0 Å². The lowest BCUT2D eigenvalue weighted by Crippen LogP contribution is -2.17. The van der Waals surface area contributed by atoms with Crippen molar-refractivity contribution < 1.29 is 0 Å². The zero-order valence-corrected chi connectivity index (χ0v) is 30.1. The quantitative estimate of drug-likeness (QED) is 0.165. The summed E-state index contributed by atoms with van der Waals surface area (Å²) in [6, 6.07) is 49.4. The third-order valence-corrected chi connectivity index (χ3v) is 9.75. The minimum atomic E-state index is 0.536. The largest absolute Gasteiger partial charge is 0.310 e. The summed E-state index contributed by atoms with van der Waals surface area (Å²) in [4.78, 5) is 4.87. The van der Waals surface area contributed by atoms with Gasteiger partial charge in [-0.25, -0.2) is 0 Å². The Kier molecular flexibility index (Phi) is 9.28. The van der Waals surface area contributed by atoms with Gasteiger partial charge in [0, 0.05) is 33.5 Å². The molecule has 0 spiro atoms. The Labute approximate surface area is 297 Å². The summed E-state index contributed by atoms with van der Waals surface area (Å²) >= 11 is 0. The van der Waals surface area contributed by atoms with Crippen molar-refractivity contribution in [1.29, 1.82) is 0 Å². The zero-order chi connectivity index (χ0) is 34.8. The number of anilines is 5. The molecule has 0 saturated carbocycles. The number of allylic oxidation sites excluding steroid dienone is 3. The van der Waals surface area contributed by atoms with Crippen molar-refractivity contribution in [3.05, 3.63) is 174 Å². The molecule has 0 aliphatic heterocycles. The molecule has 8 rings (SSSR count). The van der Waals surface area contributed by atoms with Crippen LogP contribution in [0.3, 0.4) is 0 Å². The zero-order valence-electron chi connectivity index (χ0n) is 30.1. The van der Waals surface area contributed by atoms with E-state index in [1.807, 2.05) is 13.8 Å². The second kappa shape index (κ2) is 14.1. The van der Waals surface area contributed by atoms with Crippen molar-refractivity contribution in [2.24, 2.45) is 5.92 Å². The maximum Gasteiger partial charge on any atom is 0.0546 e. The van der Waals surface area contributed by atoms with Gasteiger partial charge in [0.25, 0.3) is 0 Å². The van der Waals surface area contributed by atoms with Crippen LogP contribution in [0.1, 0.15) is 43.9 Å². The van der Waals surface area contributed by atoms with E-state index in [4.69, 9.17) is 0 Å². The van der Waals surface area contributed by atoms with E-state index >= 15 is 0 Å². The summed E-state index contributed by atoms with van der Waals surface area (Å²) in [5.41, 5.74) is 10.8. The molecule has 50 heavy (non-hydrogen) atoms. The summed E-state index contributed by atoms with van der Waals surface area (Å²) in [7, 11) is 0. The first-order valence-electron chi connectivity index (χ1n) is 18.0. The highest BCUT2D eigenvalue weighted by molar-refractivity contribution is 6.24. The van der Waals surface area contributed by atoms with Gasteiger partial charge in [-0.2, -0.15) is 0 Å². The van der Waals surface area contributed by atoms with Gasteiger partial charge in [-0.15, -0.1) is 0 Å². The second-order valence-electron chi connectivity index (χ2n) is 13.4. The fourth-order valence-corrected chi connectivity index (χ4v) is 7.10. The third-order valence-electron chi connectivity index (χ3n) is 9.75. The monoisotopic (exact) mass is 650 g/mol. The molecule has 1 atom stereocenters. The topological polar surface area (TPSA) is 6.48 Å². The molecule has 0 saturated heterocycles. The van der Waals surface area contributed by atoms with Gasteiger partial charge in [-0.1, -0.05) is 135 Å². The molecule has 1 aliphatic rings. The van der Waals surface area contributed by atoms with Crippen molar-refractivity contribution in [2.45, 2.75) is 48.0 Å². The van der Waals surface area contributed by atoms with E-state index in [2.05, 4.69) is 189 Å². The van der Waals surface area contributed by atoms with Crippen LogP contribution in [0.25, 0.3) is 32.3 Å². The van der Waals surface area contributed by atoms with E-state index in [-0.39, 0.29) is 0 Å². The molecule has 2 heteroatoms. The average molecular weight is 651 g/mol. The lowest BCUT2D eigenvalue weighted by molar-refractivity contribution is 0.728. The first kappa shape index (κ1) is 32.9. The standard InChI is InChI=1S/C46H40N2.C2H6/c1-31-13-21-35(22-14-31)47(36-23-15-32(2)16-24-36)45-29-43-40-10-6-8-12-42(40)46(30-44(43)39-9-5-7-11-41(39)45)48(37-25-17-33(3)18-26-37)38-27-19-34(4)20-28-38;1-2/h5-19,21-30,34H,20H2,1-4H3;1-2H3. The maximum atomic E-state index is 2.46. The molecule has 0 aromatic heterocycles. The number of aryl methyl sites for hydroxylation is 3. The Morgan fingerprint density at radius 2 is 0.840 bits per heavy atom. The minimum absolute atomic E-state index is 0.536. The molecule has 0 N–H and O–H groups in total. The average Bonchev–Trinajstić information content (AvgIpc) is 3.16. The van der Waals surface area contributed by atoms with Gasteiger partial charge in [0.15, 0.2) is 0 Å². The molecule has 0 fully saturated rings. The van der Waals surface area contributed by atoms with Crippen LogP contribution in [0.15, 0.2) is 157 Å². The van der Waals surface area contributed by atoms with E-state index in [1.165, 1.54) is 71.8 Å². The smallest absolute Gasteiger partial charge is 0.0546 e. The molecule has 0 radical (unpaired) electrons. The number of benzene rings is 7. The first-order valence-corrected chi connectivity index (χ1v) is 18.0. The minimum Gasteiger partial charge on any atom is -0.310 e. The first-order chi connectivity index (χ1) is 24.4. The molecular formula is C48H46N2. The molecule has 0 amide bonds. The van der Waals surface area contributed by atoms with Gasteiger partial charge >= 0.3 is 0 Å². The Hall–Kier alpha value is -5.60. The molecule has 248 valence electrons. The SMILES string of the molecule is CC.Cc1ccc(N(C2=CCC(C)C=C2)c2cc3c4ccccc4c(N(c4ccc(C)cc4)c4ccc(C)cc4)cc3c3ccccc23)cc1. The Bertz CT molecular complexity index is 2300. The normalized spacial score (nSPS) is 14.0. The van der Waals surface area contributed by atoms with Crippen molar-refractivity contribution >= 4 is 60.8 Å². The van der Waals surface area contributed by atoms with Crippen molar-refractivity contribution in [1.82, 2.24) is 0 Å². The molecule has 7 aromatic rings. The molecule has 0 heterocycles. The van der Waals surface area contributed by atoms with Crippen LogP contribution >= 0.6 is 0 Å². The van der Waals surface area contributed by atoms with Crippen molar-refractivity contribution in [3.63, 3.8) is 0 Å². The predicted molar refractivity (Wildman–Crippen MR) is 219 cm³/mol. The number of fused-ring (bicyclic) bond motifs is 5. The van der Waals surface area contributed by atoms with Gasteiger partial charge in [-0.3, -0.25) is 0 Å². The fourth-order valence-electron chi connectivity index (χ4n) is 7.10. The van der Waals surface area contributed by atoms with Crippen LogP contribution in [-0.4, -0.2) is 0 Å². The lowest BCUT2D eigenvalue weighted by atomic mass is 9.93. The summed E-state index contributed by atoms with van der Waals surface area (Å²) in [5.74, 6) is 0.536. The van der Waals surface area contributed by atoms with Crippen molar-refractivity contribution in [2.75, 3.05) is 9.80 Å². The highest BCUT2D eigenvalue weighted by Gasteiger charge is 2.23. The number of hydrogen-bond acceptors (Lipinski definition) is 2. The van der Waals surface area contributed by atoms with Gasteiger partial charge in [0.2, 0.25) is 0 Å². The van der Waals surface area contributed by atoms with Crippen LogP contribution in [-0.2, 0) is 0 Å². The van der Waals surface area contributed by atoms with Gasteiger partial charge < -0.3 is 9.80 Å². The number of rotatable bonds is 6. The molecule has 7 aromatic carbocycles. The molecule has 1 unspecified atom stereocenters. The van der Waals surface area contributed by atoms with Crippen molar-refractivity contribution in [3.8, 4) is 0 Å². The van der Waals surface area contributed by atoms with Crippen LogP contribution < -0.4 is 9.80 Å². The molecule has 0 bridgehead atoms. The highest BCUT2D eigenvalue weighted by atomic mass is 15.2. The lowest BCUT2D eigenvalue weighted by Gasteiger charge is -2.31. The second-order valence-corrected chi connectivity index (χ2v) is 13.4. The summed E-state index contributed by atoms with van der Waals surface area (Å²) in [6.07, 6.45) is 8.06. The Balaban J connectivity index is 0.00000193. The van der Waals surface area contributed by atoms with Crippen LogP contribution in [0.5, 0.6) is 0 Å². The Morgan fingerprint density at radius 3 is 1.24 bits per heavy atom. The van der Waals surface area contributed by atoms with Gasteiger partial charge in [-0.05, 0) is 109 Å². The summed E-state index contributed by atoms with van der Waals surface area (Å²) in [5, 5.41) is 7.44. The van der Waals surface area contributed by atoms with E-state index < -0.39 is 0 Å². The molecule has 2 nitrogen and oxygen atoms in total. The summed E-state index contributed by atoms with van der Waals surface area (Å²) < 4.78 is 0. The predicted octanol–water partition coefficient (Wildman–Crippen LogP) is 14.2. The van der Waals surface area contributed by atoms with Crippen LogP contribution in [0.2, 0.25) is 0 Å². The van der Waals surface area contributed by atoms with Gasteiger partial charge in [0.05, 0.1) is 11.4 Å². The van der Waals surface area contributed by atoms with E-state index in [9.17, 15) is 0 Å². The maximum absolute atomic E-state index is 2.46. The fraction of sp³-hybridized carbons (Fsp3) is 0.167. The highest BCUT2D eigenvalue weighted by Crippen LogP contribution is 2.47. The summed E-state index contributed by atoms with van der Waals surface area (Å²) in [6.45, 7) is 12.7. The van der Waals surface area contributed by atoms with Crippen LogP contribution in [0, 0.1) is 26.7 Å². The molecule has 1 aliphatic carbocycles. The number of hydrogen-bond donors (Lipinski definition) is 0. The number of nitrogens with zero attached hydrogens (tertiary/aromatic N) is 2.